The molecule has 0 fully saturated rings. The molecule has 0 radical (unpaired) electrons. The molecule has 0 bridgehead atoms. The third-order valence-electron chi connectivity index (χ3n) is 2.64. The van der Waals surface area contributed by atoms with E-state index in [-0.39, 0.29) is 10.6 Å². The van der Waals surface area contributed by atoms with Crippen molar-refractivity contribution in [2.24, 2.45) is 5.14 Å². The Morgan fingerprint density at radius 3 is 2.26 bits per heavy atom. The van der Waals surface area contributed by atoms with Crippen LogP contribution in [0.2, 0.25) is 0 Å². The van der Waals surface area contributed by atoms with Gasteiger partial charge in [0.25, 0.3) is 0 Å². The first-order chi connectivity index (χ1) is 10.9. The number of hydrogen-bond donors (Lipinski definition) is 2. The molecule has 1 heterocycles. The van der Waals surface area contributed by atoms with Crippen molar-refractivity contribution in [3.63, 3.8) is 0 Å². The maximum Gasteiger partial charge on any atom is 0.238 e. The molecule has 120 valence electrons. The van der Waals surface area contributed by atoms with Crippen molar-refractivity contribution in [3.8, 4) is 16.3 Å². The summed E-state index contributed by atoms with van der Waals surface area (Å²) in [5.74, 6) is -0.875. The van der Waals surface area contributed by atoms with Gasteiger partial charge < -0.3 is 5.11 Å². The standard InChI is InChI=1S/C8H7N3O2S2.C6H5FO/c9-15(12,13)7-4-2-1-3-6(7)8-10-5-11-14-8;7-5-3-1-2-4-6(5)8/h1-5H,(H2,9,12,13);1-4,8H. The minimum atomic E-state index is -3.72. The van der Waals surface area contributed by atoms with E-state index in [0.29, 0.717) is 10.6 Å². The fourth-order valence-corrected chi connectivity index (χ4v) is 3.00. The predicted molar refractivity (Wildman–Crippen MR) is 84.8 cm³/mol. The van der Waals surface area contributed by atoms with Crippen LogP contribution in [-0.4, -0.2) is 22.9 Å². The van der Waals surface area contributed by atoms with E-state index in [1.165, 1.54) is 30.6 Å². The maximum atomic E-state index is 12.1. The molecule has 0 aliphatic heterocycles. The van der Waals surface area contributed by atoms with Gasteiger partial charge in [0.15, 0.2) is 11.6 Å². The minimum Gasteiger partial charge on any atom is -0.505 e. The van der Waals surface area contributed by atoms with Gasteiger partial charge in [-0.15, -0.1) is 0 Å². The van der Waals surface area contributed by atoms with Gasteiger partial charge in [-0.05, 0) is 29.7 Å². The number of halogens is 1. The minimum absolute atomic E-state index is 0.0711. The summed E-state index contributed by atoms with van der Waals surface area (Å²) in [6.07, 6.45) is 1.37. The molecule has 3 aromatic rings. The Labute approximate surface area is 136 Å². The Balaban J connectivity index is 0.000000203. The number of aromatic hydroxyl groups is 1. The Kier molecular flexibility index (Phi) is 5.37. The SMILES string of the molecule is NS(=O)(=O)c1ccccc1-c1ncns1.Oc1ccccc1F. The van der Waals surface area contributed by atoms with Crippen LogP contribution in [0, 0.1) is 5.82 Å². The van der Waals surface area contributed by atoms with Crippen molar-refractivity contribution >= 4 is 21.6 Å². The number of rotatable bonds is 2. The number of aromatic nitrogens is 2. The number of para-hydroxylation sites is 1. The number of sulfonamides is 1. The van der Waals surface area contributed by atoms with E-state index in [2.05, 4.69) is 9.36 Å². The van der Waals surface area contributed by atoms with Crippen molar-refractivity contribution in [2.75, 3.05) is 0 Å². The van der Waals surface area contributed by atoms with Crippen molar-refractivity contribution in [1.29, 1.82) is 0 Å². The highest BCUT2D eigenvalue weighted by molar-refractivity contribution is 7.89. The van der Waals surface area contributed by atoms with E-state index in [4.69, 9.17) is 10.2 Å². The van der Waals surface area contributed by atoms with Gasteiger partial charge in [-0.3, -0.25) is 0 Å². The summed E-state index contributed by atoms with van der Waals surface area (Å²) >= 11 is 1.13. The molecule has 9 heteroatoms. The van der Waals surface area contributed by atoms with Gasteiger partial charge >= 0.3 is 0 Å². The summed E-state index contributed by atoms with van der Waals surface area (Å²) < 4.78 is 38.5. The van der Waals surface area contributed by atoms with E-state index in [9.17, 15) is 12.8 Å². The molecule has 0 aliphatic carbocycles. The van der Waals surface area contributed by atoms with Gasteiger partial charge in [0.1, 0.15) is 11.3 Å². The van der Waals surface area contributed by atoms with Gasteiger partial charge in [-0.2, -0.15) is 4.37 Å². The summed E-state index contributed by atoms with van der Waals surface area (Å²) in [6.45, 7) is 0. The fourth-order valence-electron chi connectivity index (χ4n) is 1.63. The second-order valence-electron chi connectivity index (χ2n) is 4.24. The van der Waals surface area contributed by atoms with Crippen LogP contribution in [0.5, 0.6) is 5.75 Å². The van der Waals surface area contributed by atoms with E-state index in [0.717, 1.165) is 11.5 Å². The summed E-state index contributed by atoms with van der Waals surface area (Å²) in [6, 6.07) is 12.0. The molecule has 6 nitrogen and oxygen atoms in total. The Morgan fingerprint density at radius 2 is 1.74 bits per heavy atom. The van der Waals surface area contributed by atoms with Crippen LogP contribution in [-0.2, 0) is 10.0 Å². The number of primary sulfonamides is 1. The largest absolute Gasteiger partial charge is 0.505 e. The Morgan fingerprint density at radius 1 is 1.09 bits per heavy atom. The lowest BCUT2D eigenvalue weighted by Crippen LogP contribution is -2.13. The number of nitrogens with two attached hydrogens (primary N) is 1. The molecule has 3 N–H and O–H groups in total. The zero-order chi connectivity index (χ0) is 16.9. The molecule has 2 aromatic carbocycles. The van der Waals surface area contributed by atoms with Crippen LogP contribution in [0.4, 0.5) is 4.39 Å². The van der Waals surface area contributed by atoms with Crippen LogP contribution in [0.25, 0.3) is 10.6 Å². The van der Waals surface area contributed by atoms with Crippen molar-refractivity contribution < 1.29 is 17.9 Å². The predicted octanol–water partition coefficient (Wildman–Crippen LogP) is 2.38. The quantitative estimate of drug-likeness (QED) is 0.736. The first-order valence-corrected chi connectivity index (χ1v) is 8.54. The molecule has 1 aromatic heterocycles. The summed E-state index contributed by atoms with van der Waals surface area (Å²) in [7, 11) is -3.72. The molecule has 3 rings (SSSR count). The average molecular weight is 353 g/mol. The lowest BCUT2D eigenvalue weighted by Gasteiger charge is -2.03. The van der Waals surface area contributed by atoms with Gasteiger partial charge in [0.2, 0.25) is 10.0 Å². The lowest BCUT2D eigenvalue weighted by molar-refractivity contribution is 0.432. The van der Waals surface area contributed by atoms with Crippen LogP contribution < -0.4 is 5.14 Å². The molecule has 0 unspecified atom stereocenters. The Hall–Kier alpha value is -2.36. The van der Waals surface area contributed by atoms with Crippen molar-refractivity contribution in [1.82, 2.24) is 9.36 Å². The number of hydrogen-bond acceptors (Lipinski definition) is 6. The monoisotopic (exact) mass is 353 g/mol. The van der Waals surface area contributed by atoms with Gasteiger partial charge in [0, 0.05) is 5.56 Å². The molecular formula is C14H12FN3O3S2. The molecule has 0 aliphatic rings. The lowest BCUT2D eigenvalue weighted by atomic mass is 10.2. The highest BCUT2D eigenvalue weighted by atomic mass is 32.2. The molecule has 0 spiro atoms. The smallest absolute Gasteiger partial charge is 0.238 e. The summed E-state index contributed by atoms with van der Waals surface area (Å²) in [5.41, 5.74) is 0.488. The first-order valence-electron chi connectivity index (χ1n) is 6.22. The van der Waals surface area contributed by atoms with Crippen LogP contribution in [0.15, 0.2) is 59.8 Å². The van der Waals surface area contributed by atoms with E-state index in [1.807, 2.05) is 0 Å². The second kappa shape index (κ2) is 7.27. The molecule has 0 atom stereocenters. The number of phenols is 1. The number of phenolic OH excluding ortho intramolecular Hbond substituents is 1. The number of benzene rings is 2. The van der Waals surface area contributed by atoms with Crippen molar-refractivity contribution in [2.45, 2.75) is 4.90 Å². The van der Waals surface area contributed by atoms with E-state index < -0.39 is 15.8 Å². The molecule has 23 heavy (non-hydrogen) atoms. The summed E-state index contributed by atoms with van der Waals surface area (Å²) in [5, 5.41) is 14.2. The third kappa shape index (κ3) is 4.55. The highest BCUT2D eigenvalue weighted by Gasteiger charge is 2.15. The molecule has 0 saturated carbocycles. The first kappa shape index (κ1) is 17.0. The zero-order valence-corrected chi connectivity index (χ0v) is 13.3. The summed E-state index contributed by atoms with van der Waals surface area (Å²) in [4.78, 5) is 4.02. The maximum absolute atomic E-state index is 12.1. The van der Waals surface area contributed by atoms with Crippen LogP contribution in [0.1, 0.15) is 0 Å². The zero-order valence-electron chi connectivity index (χ0n) is 11.6. The van der Waals surface area contributed by atoms with Gasteiger partial charge in [-0.25, -0.2) is 22.9 Å². The normalized spacial score (nSPS) is 10.7. The highest BCUT2D eigenvalue weighted by Crippen LogP contribution is 2.26. The second-order valence-corrected chi connectivity index (χ2v) is 6.55. The van der Waals surface area contributed by atoms with Crippen LogP contribution in [0.3, 0.4) is 0 Å². The number of nitrogens with zero attached hydrogens (tertiary/aromatic N) is 2. The van der Waals surface area contributed by atoms with Crippen molar-refractivity contribution in [3.05, 3.63) is 60.7 Å². The Bertz CT molecular complexity index is 863. The topological polar surface area (TPSA) is 106 Å². The average Bonchev–Trinajstić information content (AvgIpc) is 3.04. The molecular weight excluding hydrogens is 341 g/mol. The van der Waals surface area contributed by atoms with Gasteiger partial charge in [0.05, 0.1) is 4.90 Å². The van der Waals surface area contributed by atoms with Crippen LogP contribution >= 0.6 is 11.5 Å². The van der Waals surface area contributed by atoms with E-state index in [1.54, 1.807) is 24.3 Å². The molecule has 0 saturated heterocycles. The van der Waals surface area contributed by atoms with E-state index >= 15 is 0 Å². The fraction of sp³-hybridized carbons (Fsp3) is 0. The molecule has 0 amide bonds. The van der Waals surface area contributed by atoms with Gasteiger partial charge in [-0.1, -0.05) is 30.3 Å². The third-order valence-corrected chi connectivity index (χ3v) is 4.30.